The number of halogens is 3. The lowest BCUT2D eigenvalue weighted by molar-refractivity contribution is -0.137. The van der Waals surface area contributed by atoms with Crippen LogP contribution in [0.4, 0.5) is 13.2 Å². The molecule has 0 bridgehead atoms. The Morgan fingerprint density at radius 1 is 1.14 bits per heavy atom. The highest BCUT2D eigenvalue weighted by atomic mass is 32.1. The normalized spacial score (nSPS) is 18.8. The van der Waals surface area contributed by atoms with Crippen LogP contribution in [-0.4, -0.2) is 21.9 Å². The zero-order valence-corrected chi connectivity index (χ0v) is 15.2. The number of amides is 1. The zero-order valence-electron chi connectivity index (χ0n) is 14.4. The predicted octanol–water partition coefficient (Wildman–Crippen LogP) is 4.01. The second kappa shape index (κ2) is 6.90. The summed E-state index contributed by atoms with van der Waals surface area (Å²) in [5.74, 6) is 0.110. The highest BCUT2D eigenvalue weighted by Gasteiger charge is 2.43. The van der Waals surface area contributed by atoms with Crippen LogP contribution in [0.25, 0.3) is 0 Å². The molecule has 5 nitrogen and oxygen atoms in total. The molecule has 2 aromatic heterocycles. The van der Waals surface area contributed by atoms with Crippen LogP contribution in [0.1, 0.15) is 32.9 Å². The molecule has 1 aliphatic heterocycles. The summed E-state index contributed by atoms with van der Waals surface area (Å²) in [4.78, 5) is 17.6. The van der Waals surface area contributed by atoms with Crippen molar-refractivity contribution in [2.45, 2.75) is 18.1 Å². The van der Waals surface area contributed by atoms with Crippen LogP contribution in [0.2, 0.25) is 0 Å². The fraction of sp³-hybridized carbons (Fsp3) is 0.211. The van der Waals surface area contributed by atoms with Crippen molar-refractivity contribution in [1.82, 2.24) is 14.7 Å². The number of nitrogens with one attached hydrogen (secondary N) is 1. The summed E-state index contributed by atoms with van der Waals surface area (Å²) in [6, 6.07) is 9.77. The predicted molar refractivity (Wildman–Crippen MR) is 96.2 cm³/mol. The van der Waals surface area contributed by atoms with Gasteiger partial charge in [-0.25, -0.2) is 4.37 Å². The van der Waals surface area contributed by atoms with Gasteiger partial charge in [0.25, 0.3) is 5.91 Å². The maximum Gasteiger partial charge on any atom is 0.416 e. The summed E-state index contributed by atoms with van der Waals surface area (Å²) in [5.41, 5.74) is -0.908. The van der Waals surface area contributed by atoms with E-state index in [0.717, 1.165) is 23.7 Å². The number of carbonyl (C=O) groups excluding carboxylic acids is 1. The zero-order chi connectivity index (χ0) is 19.8. The topological polar surface area (TPSA) is 64.1 Å². The van der Waals surface area contributed by atoms with Crippen molar-refractivity contribution in [2.75, 3.05) is 6.61 Å². The van der Waals surface area contributed by atoms with Crippen molar-refractivity contribution in [3.8, 4) is 5.75 Å². The number of carbonyl (C=O) groups is 1. The van der Waals surface area contributed by atoms with Crippen LogP contribution in [0, 0.1) is 0 Å². The SMILES string of the molecule is O=C(N[C@]1(c2ccc(C(F)(F)F)cc2)CCOc2cccnc21)c1ccns1. The van der Waals surface area contributed by atoms with Gasteiger partial charge in [0.15, 0.2) is 0 Å². The minimum atomic E-state index is -4.44. The number of hydrogen-bond acceptors (Lipinski definition) is 5. The highest BCUT2D eigenvalue weighted by molar-refractivity contribution is 7.08. The average Bonchev–Trinajstić information content (AvgIpc) is 3.23. The van der Waals surface area contributed by atoms with Gasteiger partial charge < -0.3 is 10.1 Å². The highest BCUT2D eigenvalue weighted by Crippen LogP contribution is 2.41. The van der Waals surface area contributed by atoms with E-state index in [1.807, 2.05) is 0 Å². The fourth-order valence-corrected chi connectivity index (χ4v) is 3.76. The summed E-state index contributed by atoms with van der Waals surface area (Å²) in [7, 11) is 0. The third-order valence-corrected chi connectivity index (χ3v) is 5.35. The van der Waals surface area contributed by atoms with Crippen LogP contribution in [0.15, 0.2) is 54.9 Å². The Hall–Kier alpha value is -2.94. The van der Waals surface area contributed by atoms with Crippen molar-refractivity contribution >= 4 is 17.4 Å². The molecule has 28 heavy (non-hydrogen) atoms. The Balaban J connectivity index is 1.82. The Bertz CT molecular complexity index is 990. The van der Waals surface area contributed by atoms with E-state index in [9.17, 15) is 18.0 Å². The van der Waals surface area contributed by atoms with Crippen molar-refractivity contribution in [3.05, 3.63) is 76.6 Å². The van der Waals surface area contributed by atoms with E-state index in [2.05, 4.69) is 14.7 Å². The van der Waals surface area contributed by atoms with Gasteiger partial charge in [-0.15, -0.1) is 0 Å². The fourth-order valence-electron chi connectivity index (χ4n) is 3.27. The quantitative estimate of drug-likeness (QED) is 0.715. The molecule has 0 aliphatic carbocycles. The molecule has 0 radical (unpaired) electrons. The molecule has 1 amide bonds. The van der Waals surface area contributed by atoms with Gasteiger partial charge in [0.1, 0.15) is 21.9 Å². The first-order chi connectivity index (χ1) is 13.4. The van der Waals surface area contributed by atoms with E-state index in [0.29, 0.717) is 28.3 Å². The van der Waals surface area contributed by atoms with Gasteiger partial charge in [0.2, 0.25) is 0 Å². The Kier molecular flexibility index (Phi) is 4.54. The van der Waals surface area contributed by atoms with Gasteiger partial charge in [-0.2, -0.15) is 13.2 Å². The van der Waals surface area contributed by atoms with Crippen LogP contribution in [-0.2, 0) is 11.7 Å². The monoisotopic (exact) mass is 405 g/mol. The van der Waals surface area contributed by atoms with Gasteiger partial charge in [-0.1, -0.05) is 12.1 Å². The van der Waals surface area contributed by atoms with E-state index < -0.39 is 17.3 Å². The van der Waals surface area contributed by atoms with Gasteiger partial charge in [-0.05, 0) is 47.4 Å². The summed E-state index contributed by atoms with van der Waals surface area (Å²) in [6.07, 6.45) is -1.04. The number of alkyl halides is 3. The van der Waals surface area contributed by atoms with Gasteiger partial charge in [0, 0.05) is 18.8 Å². The van der Waals surface area contributed by atoms with Crippen molar-refractivity contribution in [2.24, 2.45) is 0 Å². The van der Waals surface area contributed by atoms with Crippen molar-refractivity contribution < 1.29 is 22.7 Å². The molecule has 0 saturated heterocycles. The molecule has 1 atom stereocenters. The van der Waals surface area contributed by atoms with Crippen molar-refractivity contribution in [3.63, 3.8) is 0 Å². The number of hydrogen-bond donors (Lipinski definition) is 1. The largest absolute Gasteiger partial charge is 0.491 e. The lowest BCUT2D eigenvalue weighted by atomic mass is 9.81. The van der Waals surface area contributed by atoms with Crippen LogP contribution < -0.4 is 10.1 Å². The molecule has 3 heterocycles. The van der Waals surface area contributed by atoms with E-state index in [-0.39, 0.29) is 12.5 Å². The van der Waals surface area contributed by atoms with E-state index in [1.54, 1.807) is 24.4 Å². The molecule has 1 aromatic carbocycles. The lowest BCUT2D eigenvalue weighted by Gasteiger charge is -2.38. The van der Waals surface area contributed by atoms with E-state index >= 15 is 0 Å². The first-order valence-corrected chi connectivity index (χ1v) is 9.17. The number of benzene rings is 1. The number of rotatable bonds is 3. The molecular formula is C19H14F3N3O2S. The third kappa shape index (κ3) is 3.22. The molecule has 4 rings (SSSR count). The second-order valence-corrected chi connectivity index (χ2v) is 7.09. The molecule has 144 valence electrons. The number of pyridine rings is 1. The molecular weight excluding hydrogens is 391 g/mol. The summed E-state index contributed by atoms with van der Waals surface area (Å²) < 4.78 is 48.5. The lowest BCUT2D eigenvalue weighted by Crippen LogP contribution is -2.50. The number of nitrogens with zero attached hydrogens (tertiary/aromatic N) is 2. The molecule has 0 saturated carbocycles. The summed E-state index contributed by atoms with van der Waals surface area (Å²) in [5, 5.41) is 2.97. The molecule has 1 N–H and O–H groups in total. The number of fused-ring (bicyclic) bond motifs is 1. The molecule has 0 fully saturated rings. The summed E-state index contributed by atoms with van der Waals surface area (Å²) >= 11 is 1.04. The van der Waals surface area contributed by atoms with Gasteiger partial charge in [-0.3, -0.25) is 9.78 Å². The van der Waals surface area contributed by atoms with E-state index in [1.165, 1.54) is 18.3 Å². The standard InChI is InChI=1S/C19H14F3N3O2S/c20-19(21,22)13-5-3-12(4-6-13)18(25-17(26)15-7-10-24-28-15)8-11-27-14-2-1-9-23-16(14)18/h1-7,9-10H,8,11H2,(H,25,26)/t18-/m0/s1. The van der Waals surface area contributed by atoms with Gasteiger partial charge >= 0.3 is 6.18 Å². The van der Waals surface area contributed by atoms with Gasteiger partial charge in [0.05, 0.1) is 12.2 Å². The minimum Gasteiger partial charge on any atom is -0.491 e. The smallest absolute Gasteiger partial charge is 0.416 e. The Labute approximate surface area is 162 Å². The Morgan fingerprint density at radius 2 is 1.93 bits per heavy atom. The number of ether oxygens (including phenoxy) is 1. The maximum atomic E-state index is 13.0. The second-order valence-electron chi connectivity index (χ2n) is 6.26. The molecule has 0 spiro atoms. The molecule has 1 aliphatic rings. The Morgan fingerprint density at radius 3 is 2.61 bits per heavy atom. The van der Waals surface area contributed by atoms with Crippen LogP contribution in [0.3, 0.4) is 0 Å². The van der Waals surface area contributed by atoms with E-state index in [4.69, 9.17) is 4.74 Å². The number of aromatic nitrogens is 2. The third-order valence-electron chi connectivity index (χ3n) is 4.60. The average molecular weight is 405 g/mol. The molecule has 9 heteroatoms. The first-order valence-electron chi connectivity index (χ1n) is 8.39. The maximum absolute atomic E-state index is 13.0. The molecule has 0 unspecified atom stereocenters. The van der Waals surface area contributed by atoms with Crippen LogP contribution in [0.5, 0.6) is 5.75 Å². The first kappa shape index (κ1) is 18.4. The minimum absolute atomic E-state index is 0.280. The summed E-state index contributed by atoms with van der Waals surface area (Å²) in [6.45, 7) is 0.280. The van der Waals surface area contributed by atoms with Crippen molar-refractivity contribution in [1.29, 1.82) is 0 Å². The molecule has 3 aromatic rings. The van der Waals surface area contributed by atoms with Crippen LogP contribution >= 0.6 is 11.5 Å².